The van der Waals surface area contributed by atoms with Crippen molar-refractivity contribution in [3.05, 3.63) is 78.0 Å². The number of ether oxygens (including phenoxy) is 1. The molecule has 1 saturated heterocycles. The summed E-state index contributed by atoms with van der Waals surface area (Å²) in [7, 11) is 0. The summed E-state index contributed by atoms with van der Waals surface area (Å²) < 4.78 is 18.4. The van der Waals surface area contributed by atoms with Crippen LogP contribution >= 0.6 is 0 Å². The van der Waals surface area contributed by atoms with Gasteiger partial charge in [-0.3, -0.25) is 9.78 Å². The zero-order valence-electron chi connectivity index (χ0n) is 16.9. The molecule has 1 fully saturated rings. The molecule has 30 heavy (non-hydrogen) atoms. The molecular formula is C24H24FN3O2. The molecule has 6 heteroatoms. The van der Waals surface area contributed by atoms with E-state index < -0.39 is 0 Å². The summed E-state index contributed by atoms with van der Waals surface area (Å²) >= 11 is 0. The van der Waals surface area contributed by atoms with Crippen LogP contribution in [-0.2, 0) is 4.79 Å². The van der Waals surface area contributed by atoms with Gasteiger partial charge >= 0.3 is 0 Å². The van der Waals surface area contributed by atoms with E-state index in [1.807, 2.05) is 23.2 Å². The van der Waals surface area contributed by atoms with E-state index in [1.54, 1.807) is 6.20 Å². The Kier molecular flexibility index (Phi) is 6.02. The van der Waals surface area contributed by atoms with Gasteiger partial charge in [0.25, 0.3) is 5.91 Å². The predicted molar refractivity (Wildman–Crippen MR) is 113 cm³/mol. The molecule has 1 aliphatic rings. The molecule has 1 aliphatic heterocycles. The van der Waals surface area contributed by atoms with Crippen LogP contribution in [0.25, 0.3) is 11.3 Å². The minimum atomic E-state index is -0.328. The second kappa shape index (κ2) is 9.03. The van der Waals surface area contributed by atoms with Gasteiger partial charge in [-0.2, -0.15) is 0 Å². The van der Waals surface area contributed by atoms with Crippen molar-refractivity contribution in [2.45, 2.75) is 25.7 Å². The smallest absolute Gasteiger partial charge is 0.260 e. The average Bonchev–Trinajstić information content (AvgIpc) is 2.79. The molecule has 0 aliphatic carbocycles. The van der Waals surface area contributed by atoms with Gasteiger partial charge in [-0.15, -0.1) is 0 Å². The SMILES string of the molecule is Cc1ccccc1-c1cncc(C2CCN(C(=O)COc3ccc(F)cc3)CC2)n1. The first-order valence-electron chi connectivity index (χ1n) is 10.1. The molecule has 1 amide bonds. The first-order chi connectivity index (χ1) is 14.6. The lowest BCUT2D eigenvalue weighted by atomic mass is 9.93. The summed E-state index contributed by atoms with van der Waals surface area (Å²) in [5, 5.41) is 0. The van der Waals surface area contributed by atoms with Crippen molar-refractivity contribution in [1.29, 1.82) is 0 Å². The van der Waals surface area contributed by atoms with Crippen LogP contribution in [0.15, 0.2) is 60.9 Å². The molecule has 0 N–H and O–H groups in total. The van der Waals surface area contributed by atoms with E-state index >= 15 is 0 Å². The second-order valence-corrected chi connectivity index (χ2v) is 7.54. The molecule has 2 heterocycles. The molecule has 0 atom stereocenters. The largest absolute Gasteiger partial charge is 0.484 e. The third kappa shape index (κ3) is 4.64. The maximum absolute atomic E-state index is 13.0. The summed E-state index contributed by atoms with van der Waals surface area (Å²) in [4.78, 5) is 23.5. The Balaban J connectivity index is 1.34. The topological polar surface area (TPSA) is 55.3 Å². The number of aryl methyl sites for hydroxylation is 1. The third-order valence-electron chi connectivity index (χ3n) is 5.52. The number of halogens is 1. The van der Waals surface area contributed by atoms with Crippen molar-refractivity contribution in [3.63, 3.8) is 0 Å². The minimum absolute atomic E-state index is 0.0428. The molecule has 0 radical (unpaired) electrons. The first-order valence-corrected chi connectivity index (χ1v) is 10.1. The number of carbonyl (C=O) groups is 1. The van der Waals surface area contributed by atoms with Gasteiger partial charge in [0.05, 0.1) is 17.6 Å². The highest BCUT2D eigenvalue weighted by Gasteiger charge is 2.25. The maximum Gasteiger partial charge on any atom is 0.260 e. The molecule has 5 nitrogen and oxygen atoms in total. The fourth-order valence-electron chi connectivity index (χ4n) is 3.76. The van der Waals surface area contributed by atoms with Gasteiger partial charge in [-0.25, -0.2) is 9.37 Å². The Morgan fingerprint density at radius 3 is 2.57 bits per heavy atom. The van der Waals surface area contributed by atoms with Crippen LogP contribution in [0.4, 0.5) is 4.39 Å². The number of nitrogens with zero attached hydrogens (tertiary/aromatic N) is 3. The molecule has 0 spiro atoms. The van der Waals surface area contributed by atoms with E-state index in [0.29, 0.717) is 18.8 Å². The highest BCUT2D eigenvalue weighted by atomic mass is 19.1. The lowest BCUT2D eigenvalue weighted by Crippen LogP contribution is -2.40. The van der Waals surface area contributed by atoms with Crippen molar-refractivity contribution < 1.29 is 13.9 Å². The van der Waals surface area contributed by atoms with Gasteiger partial charge < -0.3 is 9.64 Å². The number of piperidine rings is 1. The second-order valence-electron chi connectivity index (χ2n) is 7.54. The Hall–Kier alpha value is -3.28. The zero-order valence-corrected chi connectivity index (χ0v) is 16.9. The standard InChI is InChI=1S/C24H24FN3O2/c1-17-4-2-3-5-21(17)23-15-26-14-22(27-23)18-10-12-28(13-11-18)24(29)16-30-20-8-6-19(25)7-9-20/h2-9,14-15,18H,10-13,16H2,1H3. The number of likely N-dealkylation sites (tertiary alicyclic amines) is 1. The Bertz CT molecular complexity index is 1010. The number of amides is 1. The van der Waals surface area contributed by atoms with Crippen molar-refractivity contribution in [2.24, 2.45) is 0 Å². The average molecular weight is 405 g/mol. The number of aromatic nitrogens is 2. The summed E-state index contributed by atoms with van der Waals surface area (Å²) in [5.74, 6) is 0.384. The van der Waals surface area contributed by atoms with Gasteiger partial charge in [-0.05, 0) is 49.6 Å². The molecule has 0 saturated carbocycles. The number of benzene rings is 2. The van der Waals surface area contributed by atoms with Gasteiger partial charge in [0.2, 0.25) is 0 Å². The van der Waals surface area contributed by atoms with Crippen LogP contribution in [-0.4, -0.2) is 40.5 Å². The van der Waals surface area contributed by atoms with E-state index in [0.717, 1.165) is 29.8 Å². The number of hydrogen-bond acceptors (Lipinski definition) is 4. The quantitative estimate of drug-likeness (QED) is 0.632. The molecule has 0 bridgehead atoms. The summed E-state index contributed by atoms with van der Waals surface area (Å²) in [6.45, 7) is 3.35. The Labute approximate surface area is 175 Å². The van der Waals surface area contributed by atoms with Crippen molar-refractivity contribution in [2.75, 3.05) is 19.7 Å². The molecule has 4 rings (SSSR count). The third-order valence-corrected chi connectivity index (χ3v) is 5.52. The molecule has 3 aromatic rings. The van der Waals surface area contributed by atoms with Crippen LogP contribution in [0.1, 0.15) is 30.0 Å². The van der Waals surface area contributed by atoms with Gasteiger partial charge in [0.1, 0.15) is 11.6 Å². The van der Waals surface area contributed by atoms with Crippen LogP contribution in [0.3, 0.4) is 0 Å². The zero-order chi connectivity index (χ0) is 20.9. The number of hydrogen-bond donors (Lipinski definition) is 0. The monoisotopic (exact) mass is 405 g/mol. The first kappa shape index (κ1) is 20.0. The van der Waals surface area contributed by atoms with Crippen LogP contribution in [0.5, 0.6) is 5.75 Å². The Morgan fingerprint density at radius 2 is 1.83 bits per heavy atom. The number of rotatable bonds is 5. The molecule has 1 aromatic heterocycles. The van der Waals surface area contributed by atoms with E-state index in [4.69, 9.17) is 9.72 Å². The summed E-state index contributed by atoms with van der Waals surface area (Å²) in [6, 6.07) is 13.8. The molecule has 2 aromatic carbocycles. The van der Waals surface area contributed by atoms with Gasteiger partial charge in [0.15, 0.2) is 6.61 Å². The van der Waals surface area contributed by atoms with Crippen molar-refractivity contribution >= 4 is 5.91 Å². The molecule has 154 valence electrons. The maximum atomic E-state index is 13.0. The summed E-state index contributed by atoms with van der Waals surface area (Å²) in [6.07, 6.45) is 5.32. The predicted octanol–water partition coefficient (Wildman–Crippen LogP) is 4.38. The van der Waals surface area contributed by atoms with Crippen LogP contribution < -0.4 is 4.74 Å². The fourth-order valence-corrected chi connectivity index (χ4v) is 3.76. The van der Waals surface area contributed by atoms with E-state index in [2.05, 4.69) is 24.0 Å². The van der Waals surface area contributed by atoms with Crippen molar-refractivity contribution in [3.8, 4) is 17.0 Å². The highest BCUT2D eigenvalue weighted by Crippen LogP contribution is 2.29. The van der Waals surface area contributed by atoms with Gasteiger partial charge in [0, 0.05) is 30.8 Å². The number of carbonyl (C=O) groups excluding carboxylic acids is 1. The van der Waals surface area contributed by atoms with Crippen LogP contribution in [0, 0.1) is 12.7 Å². The summed E-state index contributed by atoms with van der Waals surface area (Å²) in [5.41, 5.74) is 4.13. The Morgan fingerprint density at radius 1 is 1.10 bits per heavy atom. The lowest BCUT2D eigenvalue weighted by molar-refractivity contribution is -0.134. The molecular weight excluding hydrogens is 381 g/mol. The normalized spacial score (nSPS) is 14.5. The van der Waals surface area contributed by atoms with Crippen molar-refractivity contribution in [1.82, 2.24) is 14.9 Å². The van der Waals surface area contributed by atoms with Gasteiger partial charge in [-0.1, -0.05) is 24.3 Å². The fraction of sp³-hybridized carbons (Fsp3) is 0.292. The van der Waals surface area contributed by atoms with Crippen LogP contribution in [0.2, 0.25) is 0 Å². The lowest BCUT2D eigenvalue weighted by Gasteiger charge is -2.31. The van der Waals surface area contributed by atoms with E-state index in [9.17, 15) is 9.18 Å². The highest BCUT2D eigenvalue weighted by molar-refractivity contribution is 5.77. The molecule has 0 unspecified atom stereocenters. The van der Waals surface area contributed by atoms with E-state index in [-0.39, 0.29) is 24.2 Å². The minimum Gasteiger partial charge on any atom is -0.484 e. The van der Waals surface area contributed by atoms with E-state index in [1.165, 1.54) is 29.8 Å².